The van der Waals surface area contributed by atoms with Crippen molar-refractivity contribution in [3.05, 3.63) is 104 Å². The fraction of sp³-hybridized carbons (Fsp3) is 0.174. The molecule has 1 saturated carbocycles. The summed E-state index contributed by atoms with van der Waals surface area (Å²) in [7, 11) is 0. The van der Waals surface area contributed by atoms with Crippen molar-refractivity contribution in [2.45, 2.75) is 18.9 Å². The molecule has 4 rings (SSSR count). The molecule has 0 radical (unpaired) electrons. The molecule has 0 amide bonds. The zero-order valence-corrected chi connectivity index (χ0v) is 18.4. The number of hydrogen-bond acceptors (Lipinski definition) is 2. The molecule has 0 spiro atoms. The smallest absolute Gasteiger partial charge is 0.146 e. The third kappa shape index (κ3) is 4.82. The molecule has 0 aromatic heterocycles. The lowest BCUT2D eigenvalue weighted by Gasteiger charge is -2.09. The predicted octanol–water partition coefficient (Wildman–Crippen LogP) is 7.62. The molecule has 1 fully saturated rings. The van der Waals surface area contributed by atoms with E-state index in [-0.39, 0.29) is 12.5 Å². The molecule has 0 saturated heterocycles. The van der Waals surface area contributed by atoms with Crippen molar-refractivity contribution in [3.8, 4) is 0 Å². The van der Waals surface area contributed by atoms with Gasteiger partial charge in [0.1, 0.15) is 12.4 Å². The van der Waals surface area contributed by atoms with E-state index in [2.05, 4.69) is 21.1 Å². The van der Waals surface area contributed by atoms with Gasteiger partial charge in [-0.1, -0.05) is 74.6 Å². The first kappa shape index (κ1) is 20.4. The molecule has 0 N–H and O–H groups in total. The molecule has 0 heterocycles. The van der Waals surface area contributed by atoms with Gasteiger partial charge in [-0.3, -0.25) is 0 Å². The standard InChI is InChI=1S/C23H17BrCl2FNO/c24-16-8-4-15(5-9-16)23(19-12-18(19)14-6-10-17(25)11-7-14)28-29-13-20-21(26)2-1-3-22(20)27/h1-11,18-19H,12-13H2/b28-23-/t18-,19+/m0/s1. The Hall–Kier alpha value is -1.88. The lowest BCUT2D eigenvalue weighted by Crippen LogP contribution is -2.07. The Morgan fingerprint density at radius 1 is 1.03 bits per heavy atom. The molecular formula is C23H17BrCl2FNO. The Balaban J connectivity index is 1.57. The average Bonchev–Trinajstić information content (AvgIpc) is 3.49. The summed E-state index contributed by atoms with van der Waals surface area (Å²) in [4.78, 5) is 5.56. The minimum Gasteiger partial charge on any atom is -0.391 e. The van der Waals surface area contributed by atoms with Gasteiger partial charge in [0.05, 0.1) is 10.7 Å². The van der Waals surface area contributed by atoms with Crippen LogP contribution in [0.2, 0.25) is 10.0 Å². The quantitative estimate of drug-likeness (QED) is 0.256. The van der Waals surface area contributed by atoms with Crippen LogP contribution in [-0.4, -0.2) is 5.71 Å². The molecule has 0 unspecified atom stereocenters. The minimum absolute atomic E-state index is 0.0239. The Morgan fingerprint density at radius 3 is 2.45 bits per heavy atom. The fourth-order valence-electron chi connectivity index (χ4n) is 3.37. The van der Waals surface area contributed by atoms with Gasteiger partial charge in [-0.15, -0.1) is 0 Å². The van der Waals surface area contributed by atoms with Crippen LogP contribution in [-0.2, 0) is 11.4 Å². The van der Waals surface area contributed by atoms with E-state index in [1.807, 2.05) is 48.5 Å². The summed E-state index contributed by atoms with van der Waals surface area (Å²) >= 11 is 15.6. The van der Waals surface area contributed by atoms with Crippen LogP contribution in [0, 0.1) is 11.7 Å². The van der Waals surface area contributed by atoms with Gasteiger partial charge < -0.3 is 4.84 Å². The van der Waals surface area contributed by atoms with Crippen molar-refractivity contribution in [2.24, 2.45) is 11.1 Å². The lowest BCUT2D eigenvalue weighted by atomic mass is 10.0. The second-order valence-electron chi connectivity index (χ2n) is 6.96. The van der Waals surface area contributed by atoms with Crippen LogP contribution in [0.5, 0.6) is 0 Å². The van der Waals surface area contributed by atoms with E-state index in [0.29, 0.717) is 16.5 Å². The molecule has 2 nitrogen and oxygen atoms in total. The highest BCUT2D eigenvalue weighted by atomic mass is 79.9. The maximum atomic E-state index is 14.0. The van der Waals surface area contributed by atoms with Gasteiger partial charge in [0.2, 0.25) is 0 Å². The van der Waals surface area contributed by atoms with E-state index in [9.17, 15) is 4.39 Å². The zero-order chi connectivity index (χ0) is 20.4. The molecule has 2 atom stereocenters. The van der Waals surface area contributed by atoms with Crippen LogP contribution in [0.25, 0.3) is 0 Å². The SMILES string of the molecule is Fc1cccc(Cl)c1CO/N=C(/c1ccc(Br)cc1)[C@@H]1C[C@H]1c1ccc(Cl)cc1. The van der Waals surface area contributed by atoms with Gasteiger partial charge in [-0.2, -0.15) is 0 Å². The van der Waals surface area contributed by atoms with Gasteiger partial charge in [0, 0.05) is 21.0 Å². The van der Waals surface area contributed by atoms with E-state index in [0.717, 1.165) is 27.2 Å². The fourth-order valence-corrected chi connectivity index (χ4v) is 3.98. The molecule has 148 valence electrons. The Labute approximate surface area is 187 Å². The highest BCUT2D eigenvalue weighted by Gasteiger charge is 2.43. The van der Waals surface area contributed by atoms with Gasteiger partial charge >= 0.3 is 0 Å². The topological polar surface area (TPSA) is 21.6 Å². The van der Waals surface area contributed by atoms with Gasteiger partial charge in [0.25, 0.3) is 0 Å². The van der Waals surface area contributed by atoms with Crippen molar-refractivity contribution < 1.29 is 9.23 Å². The summed E-state index contributed by atoms with van der Waals surface area (Å²) in [5, 5.41) is 5.46. The maximum Gasteiger partial charge on any atom is 0.146 e. The Kier molecular flexibility index (Phi) is 6.23. The van der Waals surface area contributed by atoms with Crippen LogP contribution in [0.1, 0.15) is 29.0 Å². The monoisotopic (exact) mass is 491 g/mol. The van der Waals surface area contributed by atoms with Crippen molar-refractivity contribution in [3.63, 3.8) is 0 Å². The first-order valence-electron chi connectivity index (χ1n) is 9.17. The summed E-state index contributed by atoms with van der Waals surface area (Å²) in [6.45, 7) is -0.0239. The van der Waals surface area contributed by atoms with Crippen LogP contribution in [0.3, 0.4) is 0 Å². The number of halogens is 4. The second kappa shape index (κ2) is 8.86. The second-order valence-corrected chi connectivity index (χ2v) is 8.72. The number of benzene rings is 3. The van der Waals surface area contributed by atoms with Crippen molar-refractivity contribution >= 4 is 44.8 Å². The third-order valence-corrected chi connectivity index (χ3v) is 6.15. The van der Waals surface area contributed by atoms with Crippen LogP contribution < -0.4 is 0 Å². The number of nitrogens with zero attached hydrogens (tertiary/aromatic N) is 1. The first-order chi connectivity index (χ1) is 14.0. The van der Waals surface area contributed by atoms with E-state index < -0.39 is 5.82 Å². The van der Waals surface area contributed by atoms with Crippen LogP contribution in [0.15, 0.2) is 76.4 Å². The summed E-state index contributed by atoms with van der Waals surface area (Å²) in [5.74, 6) is 0.187. The normalized spacial score (nSPS) is 18.6. The van der Waals surface area contributed by atoms with Crippen molar-refractivity contribution in [2.75, 3.05) is 0 Å². The van der Waals surface area contributed by atoms with Crippen molar-refractivity contribution in [1.29, 1.82) is 0 Å². The minimum atomic E-state index is -0.400. The van der Waals surface area contributed by atoms with E-state index >= 15 is 0 Å². The average molecular weight is 493 g/mol. The largest absolute Gasteiger partial charge is 0.391 e. The highest BCUT2D eigenvalue weighted by molar-refractivity contribution is 9.10. The third-order valence-electron chi connectivity index (χ3n) is 5.01. The highest BCUT2D eigenvalue weighted by Crippen LogP contribution is 2.49. The number of oxime groups is 1. The van der Waals surface area contributed by atoms with Gasteiger partial charge in [-0.05, 0) is 59.9 Å². The summed E-state index contributed by atoms with van der Waals surface area (Å²) in [5.41, 5.74) is 3.36. The summed E-state index contributed by atoms with van der Waals surface area (Å²) in [6, 6.07) is 20.4. The molecule has 3 aromatic carbocycles. The maximum absolute atomic E-state index is 14.0. The van der Waals surface area contributed by atoms with Crippen LogP contribution in [0.4, 0.5) is 4.39 Å². The molecule has 1 aliphatic rings. The van der Waals surface area contributed by atoms with E-state index in [1.165, 1.54) is 11.6 Å². The molecule has 3 aromatic rings. The van der Waals surface area contributed by atoms with Gasteiger partial charge in [0.15, 0.2) is 0 Å². The zero-order valence-electron chi connectivity index (χ0n) is 15.3. The predicted molar refractivity (Wildman–Crippen MR) is 119 cm³/mol. The molecule has 1 aliphatic carbocycles. The van der Waals surface area contributed by atoms with E-state index in [1.54, 1.807) is 12.1 Å². The Morgan fingerprint density at radius 2 is 1.76 bits per heavy atom. The molecule has 29 heavy (non-hydrogen) atoms. The number of hydrogen-bond donors (Lipinski definition) is 0. The van der Waals surface area contributed by atoms with Crippen LogP contribution >= 0.6 is 39.1 Å². The van der Waals surface area contributed by atoms with Gasteiger partial charge in [-0.25, -0.2) is 4.39 Å². The molecular weight excluding hydrogens is 476 g/mol. The van der Waals surface area contributed by atoms with Crippen molar-refractivity contribution in [1.82, 2.24) is 0 Å². The number of rotatable bonds is 6. The molecule has 0 aliphatic heterocycles. The molecule has 0 bridgehead atoms. The summed E-state index contributed by atoms with van der Waals surface area (Å²) < 4.78 is 15.0. The summed E-state index contributed by atoms with van der Waals surface area (Å²) in [6.07, 6.45) is 0.973. The first-order valence-corrected chi connectivity index (χ1v) is 10.7. The lowest BCUT2D eigenvalue weighted by molar-refractivity contribution is 0.127. The Bertz CT molecular complexity index is 1020. The van der Waals surface area contributed by atoms with E-state index in [4.69, 9.17) is 28.0 Å². The molecule has 6 heteroatoms.